The predicted octanol–water partition coefficient (Wildman–Crippen LogP) is -0.370. The molecule has 0 aromatic heterocycles. The minimum atomic E-state index is -3.46. The molecule has 0 aromatic carbocycles. The van der Waals surface area contributed by atoms with E-state index < -0.39 is 22.0 Å². The Morgan fingerprint density at radius 1 is 1.46 bits per heavy atom. The van der Waals surface area contributed by atoms with Gasteiger partial charge in [-0.3, -0.25) is 9.52 Å². The van der Waals surface area contributed by atoms with Crippen molar-refractivity contribution >= 4 is 15.9 Å². The SMILES string of the molecule is CC1CCC(C(=O)NS(C)(=O)=O)O1. The summed E-state index contributed by atoms with van der Waals surface area (Å²) in [5.74, 6) is -0.563. The molecule has 1 heterocycles. The lowest BCUT2D eigenvalue weighted by Gasteiger charge is -2.09. The number of amides is 1. The van der Waals surface area contributed by atoms with Crippen LogP contribution >= 0.6 is 0 Å². The molecule has 1 aliphatic rings. The van der Waals surface area contributed by atoms with Crippen LogP contribution in [0.25, 0.3) is 0 Å². The third kappa shape index (κ3) is 3.31. The Morgan fingerprint density at radius 2 is 2.08 bits per heavy atom. The Kier molecular flexibility index (Phi) is 2.92. The molecule has 1 saturated heterocycles. The highest BCUT2D eigenvalue weighted by Gasteiger charge is 2.29. The van der Waals surface area contributed by atoms with E-state index in [1.165, 1.54) is 0 Å². The Balaban J connectivity index is 2.50. The van der Waals surface area contributed by atoms with E-state index in [2.05, 4.69) is 0 Å². The van der Waals surface area contributed by atoms with Crippen molar-refractivity contribution in [2.24, 2.45) is 0 Å². The van der Waals surface area contributed by atoms with Gasteiger partial charge >= 0.3 is 0 Å². The molecule has 1 fully saturated rings. The Labute approximate surface area is 77.5 Å². The zero-order chi connectivity index (χ0) is 10.1. The largest absolute Gasteiger partial charge is 0.365 e. The summed E-state index contributed by atoms with van der Waals surface area (Å²) in [5, 5.41) is 0. The highest BCUT2D eigenvalue weighted by Crippen LogP contribution is 2.18. The fraction of sp³-hybridized carbons (Fsp3) is 0.857. The predicted molar refractivity (Wildman–Crippen MR) is 46.6 cm³/mol. The Bertz CT molecular complexity index is 298. The van der Waals surface area contributed by atoms with Crippen LogP contribution in [-0.2, 0) is 19.6 Å². The molecule has 0 radical (unpaired) electrons. The van der Waals surface area contributed by atoms with Gasteiger partial charge in [0.25, 0.3) is 5.91 Å². The van der Waals surface area contributed by atoms with Gasteiger partial charge in [-0.15, -0.1) is 0 Å². The summed E-state index contributed by atoms with van der Waals surface area (Å²) in [6, 6.07) is 0. The van der Waals surface area contributed by atoms with Gasteiger partial charge in [0.15, 0.2) is 0 Å². The number of nitrogens with one attached hydrogen (secondary N) is 1. The maximum Gasteiger partial charge on any atom is 0.262 e. The summed E-state index contributed by atoms with van der Waals surface area (Å²) in [5.41, 5.74) is 0. The first-order valence-electron chi connectivity index (χ1n) is 4.05. The monoisotopic (exact) mass is 207 g/mol. The molecule has 1 aliphatic heterocycles. The number of rotatable bonds is 2. The molecule has 0 spiro atoms. The molecule has 2 atom stereocenters. The second-order valence-electron chi connectivity index (χ2n) is 3.25. The Morgan fingerprint density at radius 3 is 2.46 bits per heavy atom. The van der Waals surface area contributed by atoms with E-state index in [9.17, 15) is 13.2 Å². The van der Waals surface area contributed by atoms with Gasteiger partial charge in [0, 0.05) is 0 Å². The fourth-order valence-corrected chi connectivity index (χ4v) is 1.74. The molecule has 5 nitrogen and oxygen atoms in total. The molecule has 0 aliphatic carbocycles. The molecule has 76 valence electrons. The van der Waals surface area contributed by atoms with E-state index in [-0.39, 0.29) is 6.10 Å². The lowest BCUT2D eigenvalue weighted by molar-refractivity contribution is -0.129. The molecule has 2 unspecified atom stereocenters. The first-order valence-corrected chi connectivity index (χ1v) is 5.95. The molecule has 13 heavy (non-hydrogen) atoms. The third-order valence-electron chi connectivity index (χ3n) is 1.81. The normalized spacial score (nSPS) is 28.8. The van der Waals surface area contributed by atoms with Gasteiger partial charge < -0.3 is 4.74 Å². The van der Waals surface area contributed by atoms with E-state index in [4.69, 9.17) is 4.74 Å². The van der Waals surface area contributed by atoms with Crippen LogP contribution in [-0.4, -0.2) is 32.8 Å². The minimum Gasteiger partial charge on any atom is -0.365 e. The average molecular weight is 207 g/mol. The average Bonchev–Trinajstić information content (AvgIpc) is 2.31. The van der Waals surface area contributed by atoms with Crippen LogP contribution < -0.4 is 4.72 Å². The number of carbonyl (C=O) groups is 1. The van der Waals surface area contributed by atoms with Crippen LogP contribution in [0.2, 0.25) is 0 Å². The lowest BCUT2D eigenvalue weighted by Crippen LogP contribution is -2.37. The topological polar surface area (TPSA) is 72.5 Å². The highest BCUT2D eigenvalue weighted by atomic mass is 32.2. The van der Waals surface area contributed by atoms with E-state index >= 15 is 0 Å². The molecule has 1 amide bonds. The number of carbonyl (C=O) groups excluding carboxylic acids is 1. The van der Waals surface area contributed by atoms with Gasteiger partial charge in [-0.2, -0.15) is 0 Å². The zero-order valence-corrected chi connectivity index (χ0v) is 8.43. The lowest BCUT2D eigenvalue weighted by atomic mass is 10.2. The third-order valence-corrected chi connectivity index (χ3v) is 2.38. The molecular weight excluding hydrogens is 194 g/mol. The van der Waals surface area contributed by atoms with Crippen molar-refractivity contribution in [1.29, 1.82) is 0 Å². The van der Waals surface area contributed by atoms with Crippen LogP contribution in [0.15, 0.2) is 0 Å². The molecular formula is C7H13NO4S. The van der Waals surface area contributed by atoms with Crippen LogP contribution in [0.1, 0.15) is 19.8 Å². The van der Waals surface area contributed by atoms with Crippen molar-refractivity contribution in [2.45, 2.75) is 32.0 Å². The maximum absolute atomic E-state index is 11.2. The van der Waals surface area contributed by atoms with Gasteiger partial charge in [-0.05, 0) is 19.8 Å². The van der Waals surface area contributed by atoms with Crippen molar-refractivity contribution in [2.75, 3.05) is 6.26 Å². The summed E-state index contributed by atoms with van der Waals surface area (Å²) < 4.78 is 28.5. The first-order chi connectivity index (χ1) is 5.88. The van der Waals surface area contributed by atoms with E-state index in [0.717, 1.165) is 12.7 Å². The van der Waals surface area contributed by atoms with Crippen LogP contribution in [0, 0.1) is 0 Å². The fourth-order valence-electron chi connectivity index (χ4n) is 1.24. The van der Waals surface area contributed by atoms with Gasteiger partial charge in [0.05, 0.1) is 12.4 Å². The first kappa shape index (κ1) is 10.5. The van der Waals surface area contributed by atoms with E-state index in [1.54, 1.807) is 0 Å². The van der Waals surface area contributed by atoms with Crippen LogP contribution in [0.5, 0.6) is 0 Å². The zero-order valence-electron chi connectivity index (χ0n) is 7.61. The van der Waals surface area contributed by atoms with Crippen molar-refractivity contribution in [3.63, 3.8) is 0 Å². The van der Waals surface area contributed by atoms with Crippen molar-refractivity contribution in [3.8, 4) is 0 Å². The highest BCUT2D eigenvalue weighted by molar-refractivity contribution is 7.89. The number of hydrogen-bond acceptors (Lipinski definition) is 4. The summed E-state index contributed by atoms with van der Waals surface area (Å²) in [7, 11) is -3.46. The van der Waals surface area contributed by atoms with Crippen molar-refractivity contribution < 1.29 is 17.9 Å². The molecule has 0 saturated carbocycles. The molecule has 0 aromatic rings. The summed E-state index contributed by atoms with van der Waals surface area (Å²) in [6.45, 7) is 1.85. The summed E-state index contributed by atoms with van der Waals surface area (Å²) in [4.78, 5) is 11.2. The van der Waals surface area contributed by atoms with Gasteiger partial charge in [0.1, 0.15) is 6.10 Å². The molecule has 6 heteroatoms. The molecule has 1 rings (SSSR count). The quantitative estimate of drug-likeness (QED) is 0.670. The number of ether oxygens (including phenoxy) is 1. The van der Waals surface area contributed by atoms with Gasteiger partial charge in [-0.1, -0.05) is 0 Å². The standard InChI is InChI=1S/C7H13NO4S/c1-5-3-4-6(12-5)7(9)8-13(2,10)11/h5-6H,3-4H2,1-2H3,(H,8,9). The van der Waals surface area contributed by atoms with Gasteiger partial charge in [-0.25, -0.2) is 8.42 Å². The van der Waals surface area contributed by atoms with Gasteiger partial charge in [0.2, 0.25) is 10.0 Å². The number of sulfonamides is 1. The van der Waals surface area contributed by atoms with Crippen molar-refractivity contribution in [1.82, 2.24) is 4.72 Å². The minimum absolute atomic E-state index is 0.0373. The smallest absolute Gasteiger partial charge is 0.262 e. The van der Waals surface area contributed by atoms with E-state index in [0.29, 0.717) is 6.42 Å². The van der Waals surface area contributed by atoms with E-state index in [1.807, 2.05) is 11.6 Å². The second-order valence-corrected chi connectivity index (χ2v) is 5.00. The van der Waals surface area contributed by atoms with Crippen LogP contribution in [0.4, 0.5) is 0 Å². The number of hydrogen-bond donors (Lipinski definition) is 1. The molecule has 0 bridgehead atoms. The maximum atomic E-state index is 11.2. The Hall–Kier alpha value is -0.620. The van der Waals surface area contributed by atoms with Crippen molar-refractivity contribution in [3.05, 3.63) is 0 Å². The molecule has 1 N–H and O–H groups in total. The summed E-state index contributed by atoms with van der Waals surface area (Å²) >= 11 is 0. The summed E-state index contributed by atoms with van der Waals surface area (Å²) in [6.07, 6.45) is 1.76. The van der Waals surface area contributed by atoms with Crippen LogP contribution in [0.3, 0.4) is 0 Å². The second kappa shape index (κ2) is 3.63.